The molecule has 0 heterocycles. The van der Waals surface area contributed by atoms with Crippen LogP contribution in [0.3, 0.4) is 0 Å². The second kappa shape index (κ2) is 5.82. The van der Waals surface area contributed by atoms with Gasteiger partial charge in [-0.05, 0) is 38.2 Å². The molecule has 1 aromatic carbocycles. The van der Waals surface area contributed by atoms with Crippen molar-refractivity contribution in [2.75, 3.05) is 19.0 Å². The van der Waals surface area contributed by atoms with Gasteiger partial charge in [0.1, 0.15) is 0 Å². The molecule has 0 unspecified atom stereocenters. The lowest BCUT2D eigenvalue weighted by Crippen LogP contribution is -2.41. The Morgan fingerprint density at radius 1 is 1.31 bits per heavy atom. The van der Waals surface area contributed by atoms with Gasteiger partial charge in [0.25, 0.3) is 0 Å². The van der Waals surface area contributed by atoms with Gasteiger partial charge < -0.3 is 15.4 Å². The molecule has 0 radical (unpaired) electrons. The zero-order valence-corrected chi connectivity index (χ0v) is 10.7. The average molecular weight is 238 g/mol. The fourth-order valence-corrected chi connectivity index (χ4v) is 1.25. The number of benzene rings is 1. The Kier molecular flexibility index (Phi) is 4.71. The first-order valence-electron chi connectivity index (χ1n) is 5.18. The van der Waals surface area contributed by atoms with Gasteiger partial charge in [-0.15, -0.1) is 0 Å². The fraction of sp³-hybridized carbons (Fsp3) is 0.417. The number of ether oxygens (including phenoxy) is 1. The Morgan fingerprint density at radius 3 is 2.50 bits per heavy atom. The van der Waals surface area contributed by atoms with E-state index in [0.29, 0.717) is 11.7 Å². The topological polar surface area (TPSA) is 33.3 Å². The van der Waals surface area contributed by atoms with Crippen LogP contribution in [-0.4, -0.2) is 24.4 Å². The summed E-state index contributed by atoms with van der Waals surface area (Å²) in [6, 6.07) is 9.83. The van der Waals surface area contributed by atoms with Crippen LogP contribution in [0.4, 0.5) is 5.69 Å². The molecule has 0 saturated heterocycles. The second-order valence-electron chi connectivity index (χ2n) is 4.14. The van der Waals surface area contributed by atoms with Crippen LogP contribution in [0, 0.1) is 0 Å². The normalized spacial score (nSPS) is 10.9. The van der Waals surface area contributed by atoms with Gasteiger partial charge in [0.05, 0.1) is 5.60 Å². The van der Waals surface area contributed by atoms with Crippen molar-refractivity contribution < 1.29 is 4.74 Å². The molecule has 0 amide bonds. The SMILES string of the molecule is COC(C)(C)CNC(=S)Nc1ccccc1. The van der Waals surface area contributed by atoms with Crippen molar-refractivity contribution in [3.8, 4) is 0 Å². The molecule has 2 N–H and O–H groups in total. The zero-order valence-electron chi connectivity index (χ0n) is 9.91. The molecule has 1 aromatic rings. The van der Waals surface area contributed by atoms with Crippen LogP contribution < -0.4 is 10.6 Å². The molecule has 0 aliphatic carbocycles. The summed E-state index contributed by atoms with van der Waals surface area (Å²) in [4.78, 5) is 0. The Balaban J connectivity index is 2.38. The molecule has 4 heteroatoms. The van der Waals surface area contributed by atoms with Gasteiger partial charge in [0.15, 0.2) is 5.11 Å². The number of methoxy groups -OCH3 is 1. The summed E-state index contributed by atoms with van der Waals surface area (Å²) in [6.07, 6.45) is 0. The number of anilines is 1. The third-order valence-corrected chi connectivity index (χ3v) is 2.51. The second-order valence-corrected chi connectivity index (χ2v) is 4.55. The van der Waals surface area contributed by atoms with Crippen molar-refractivity contribution in [2.45, 2.75) is 19.4 Å². The van der Waals surface area contributed by atoms with Crippen LogP contribution in [0.5, 0.6) is 0 Å². The van der Waals surface area contributed by atoms with Crippen molar-refractivity contribution in [3.05, 3.63) is 30.3 Å². The predicted octanol–water partition coefficient (Wildman–Crippen LogP) is 2.40. The van der Waals surface area contributed by atoms with Crippen LogP contribution in [0.25, 0.3) is 0 Å². The molecule has 0 spiro atoms. The molecule has 0 fully saturated rings. The van der Waals surface area contributed by atoms with Crippen molar-refractivity contribution in [1.82, 2.24) is 5.32 Å². The Labute approximate surface area is 102 Å². The molecule has 0 saturated carbocycles. The van der Waals surface area contributed by atoms with Crippen molar-refractivity contribution >= 4 is 23.0 Å². The van der Waals surface area contributed by atoms with E-state index in [1.165, 1.54) is 0 Å². The Bertz CT molecular complexity index is 338. The van der Waals surface area contributed by atoms with Gasteiger partial charge in [-0.3, -0.25) is 0 Å². The van der Waals surface area contributed by atoms with E-state index in [1.807, 2.05) is 44.2 Å². The van der Waals surface area contributed by atoms with Crippen LogP contribution in [0.2, 0.25) is 0 Å². The van der Waals surface area contributed by atoms with Gasteiger partial charge in [-0.2, -0.15) is 0 Å². The summed E-state index contributed by atoms with van der Waals surface area (Å²) < 4.78 is 5.29. The first-order chi connectivity index (χ1) is 7.53. The van der Waals surface area contributed by atoms with E-state index >= 15 is 0 Å². The maximum absolute atomic E-state index is 5.29. The van der Waals surface area contributed by atoms with E-state index in [-0.39, 0.29) is 5.60 Å². The zero-order chi connectivity index (χ0) is 12.0. The van der Waals surface area contributed by atoms with Crippen molar-refractivity contribution in [1.29, 1.82) is 0 Å². The molecule has 0 aliphatic rings. The van der Waals surface area contributed by atoms with Crippen molar-refractivity contribution in [2.24, 2.45) is 0 Å². The molecular formula is C12H18N2OS. The quantitative estimate of drug-likeness (QED) is 0.789. The standard InChI is InChI=1S/C12H18N2OS/c1-12(2,15-3)9-13-11(16)14-10-7-5-4-6-8-10/h4-8H,9H2,1-3H3,(H2,13,14,16). The summed E-state index contributed by atoms with van der Waals surface area (Å²) in [5, 5.41) is 6.83. The van der Waals surface area contributed by atoms with E-state index < -0.39 is 0 Å². The minimum atomic E-state index is -0.220. The minimum Gasteiger partial charge on any atom is -0.377 e. The van der Waals surface area contributed by atoms with Gasteiger partial charge >= 0.3 is 0 Å². The highest BCUT2D eigenvalue weighted by molar-refractivity contribution is 7.80. The van der Waals surface area contributed by atoms with Crippen LogP contribution in [0.15, 0.2) is 30.3 Å². The maximum atomic E-state index is 5.29. The molecule has 0 aliphatic heterocycles. The van der Waals surface area contributed by atoms with E-state index in [2.05, 4.69) is 10.6 Å². The molecule has 88 valence electrons. The molecule has 0 bridgehead atoms. The average Bonchev–Trinajstić information content (AvgIpc) is 2.28. The fourth-order valence-electron chi connectivity index (χ4n) is 1.06. The van der Waals surface area contributed by atoms with Gasteiger partial charge in [-0.1, -0.05) is 18.2 Å². The Hall–Kier alpha value is -1.13. The highest BCUT2D eigenvalue weighted by Gasteiger charge is 2.15. The van der Waals surface area contributed by atoms with E-state index in [0.717, 1.165) is 5.69 Å². The summed E-state index contributed by atoms with van der Waals surface area (Å²) in [5.41, 5.74) is 0.762. The lowest BCUT2D eigenvalue weighted by molar-refractivity contribution is 0.0271. The number of nitrogens with one attached hydrogen (secondary N) is 2. The predicted molar refractivity (Wildman–Crippen MR) is 71.8 cm³/mol. The van der Waals surface area contributed by atoms with Gasteiger partial charge in [0, 0.05) is 19.3 Å². The molecular weight excluding hydrogens is 220 g/mol. The van der Waals surface area contributed by atoms with E-state index in [9.17, 15) is 0 Å². The monoisotopic (exact) mass is 238 g/mol. The molecule has 0 aromatic heterocycles. The molecule has 3 nitrogen and oxygen atoms in total. The van der Waals surface area contributed by atoms with E-state index in [1.54, 1.807) is 7.11 Å². The first kappa shape index (κ1) is 12.9. The number of hydrogen-bond acceptors (Lipinski definition) is 2. The third-order valence-electron chi connectivity index (χ3n) is 2.26. The first-order valence-corrected chi connectivity index (χ1v) is 5.59. The molecule has 16 heavy (non-hydrogen) atoms. The number of hydrogen-bond donors (Lipinski definition) is 2. The van der Waals surface area contributed by atoms with Crippen LogP contribution in [-0.2, 0) is 4.74 Å². The number of thiocarbonyl (C=S) groups is 1. The highest BCUT2D eigenvalue weighted by Crippen LogP contribution is 2.06. The number of rotatable bonds is 4. The van der Waals surface area contributed by atoms with Crippen molar-refractivity contribution in [3.63, 3.8) is 0 Å². The summed E-state index contributed by atoms with van der Waals surface area (Å²) >= 11 is 5.17. The molecule has 1 rings (SSSR count). The summed E-state index contributed by atoms with van der Waals surface area (Å²) in [7, 11) is 1.69. The summed E-state index contributed by atoms with van der Waals surface area (Å²) in [5.74, 6) is 0. The van der Waals surface area contributed by atoms with E-state index in [4.69, 9.17) is 17.0 Å². The smallest absolute Gasteiger partial charge is 0.170 e. The van der Waals surface area contributed by atoms with Gasteiger partial charge in [0.2, 0.25) is 0 Å². The van der Waals surface area contributed by atoms with Crippen LogP contribution in [0.1, 0.15) is 13.8 Å². The number of para-hydroxylation sites is 1. The maximum Gasteiger partial charge on any atom is 0.170 e. The third kappa shape index (κ3) is 4.59. The van der Waals surface area contributed by atoms with Gasteiger partial charge in [-0.25, -0.2) is 0 Å². The minimum absolute atomic E-state index is 0.220. The Morgan fingerprint density at radius 2 is 1.94 bits per heavy atom. The lowest BCUT2D eigenvalue weighted by atomic mass is 10.1. The highest BCUT2D eigenvalue weighted by atomic mass is 32.1. The molecule has 0 atom stereocenters. The largest absolute Gasteiger partial charge is 0.377 e. The summed E-state index contributed by atoms with van der Waals surface area (Å²) in [6.45, 7) is 4.68. The van der Waals surface area contributed by atoms with Crippen LogP contribution >= 0.6 is 12.2 Å². The lowest BCUT2D eigenvalue weighted by Gasteiger charge is -2.24.